The van der Waals surface area contributed by atoms with Crippen molar-refractivity contribution < 1.29 is 38.4 Å². The number of allylic oxidation sites excluding steroid dienone is 2. The third-order valence-corrected chi connectivity index (χ3v) is 11.0. The first-order valence-electron chi connectivity index (χ1n) is 19.6. The number of hydrogen-bond acceptors (Lipinski definition) is 8. The minimum absolute atomic E-state index is 0.101. The fraction of sp³-hybridized carbons (Fsp3) is 0.422. The minimum atomic E-state index is -3.26. The van der Waals surface area contributed by atoms with Crippen LogP contribution >= 0.6 is 0 Å². The van der Waals surface area contributed by atoms with E-state index in [2.05, 4.69) is 45.5 Å². The monoisotopic (exact) mass is 769 g/mol. The molecule has 6 rings (SSSR count). The normalized spacial score (nSPS) is 22.3. The number of pyridine rings is 1. The molecule has 298 valence electrons. The van der Waals surface area contributed by atoms with Gasteiger partial charge in [-0.2, -0.15) is 8.78 Å². The minimum Gasteiger partial charge on any atom is -0.493 e. The molecule has 0 radical (unpaired) electrons. The van der Waals surface area contributed by atoms with Gasteiger partial charge in [-0.05, 0) is 92.5 Å². The maximum atomic E-state index is 14.6. The average Bonchev–Trinajstić information content (AvgIpc) is 3.74. The summed E-state index contributed by atoms with van der Waals surface area (Å²) in [6.07, 6.45) is 10.4. The summed E-state index contributed by atoms with van der Waals surface area (Å²) >= 11 is 0. The zero-order valence-electron chi connectivity index (χ0n) is 31.9. The standard InChI is InChI=1S/C45H53F2N3O6/c1-31-15-16-32(28-50-23-19-35(29-50)49-40-14-8-10-34-27-48-22-18-37(34)40)25-43(31)55-24-20-33(44(53)54)9-4-2-7-13-38-39(42(52)26-41(38)51)17-21-45(46,47)30-56-36-11-5-3-6-12-36/h2-3,5-8,10-12,14-18,21-22,25,27,33,35,38-39,41-42,49,51-52H,4,9,13,19-20,23-24,26,28-30H2,1H3,(H,53,54)/b7-2-,21-17+/t33?,35-,38-,39-,41+,42-/m1/s1. The molecule has 2 heterocycles. The van der Waals surface area contributed by atoms with Crippen molar-refractivity contribution in [1.82, 2.24) is 9.88 Å². The van der Waals surface area contributed by atoms with Crippen LogP contribution in [0.4, 0.5) is 14.5 Å². The van der Waals surface area contributed by atoms with Crippen LogP contribution in [0, 0.1) is 24.7 Å². The number of aromatic nitrogens is 1. The van der Waals surface area contributed by atoms with E-state index in [9.17, 15) is 28.9 Å². The Morgan fingerprint density at radius 1 is 1.04 bits per heavy atom. The lowest BCUT2D eigenvalue weighted by molar-refractivity contribution is -0.142. The SMILES string of the molecule is Cc1ccc(CN2CC[C@@H](Nc3cccc4cnccc34)C2)cc1OCCC(CC/C=C\C[C@@H]1[C@@H](/C=C/C(F)(F)COc2ccccc2)[C@H](O)C[C@@H]1O)C(=O)O. The maximum Gasteiger partial charge on any atom is 0.306 e. The van der Waals surface area contributed by atoms with Crippen LogP contribution in [0.1, 0.15) is 49.7 Å². The number of likely N-dealkylation sites (tertiary alicyclic amines) is 1. The first-order chi connectivity index (χ1) is 27.0. The van der Waals surface area contributed by atoms with Gasteiger partial charge in [0.1, 0.15) is 11.5 Å². The second-order valence-corrected chi connectivity index (χ2v) is 15.2. The molecule has 1 aromatic heterocycles. The molecule has 4 N–H and O–H groups in total. The fourth-order valence-electron chi connectivity index (χ4n) is 7.79. The highest BCUT2D eigenvalue weighted by molar-refractivity contribution is 5.93. The van der Waals surface area contributed by atoms with E-state index in [1.807, 2.05) is 43.6 Å². The number of rotatable bonds is 19. The van der Waals surface area contributed by atoms with Crippen LogP contribution in [-0.4, -0.2) is 81.6 Å². The van der Waals surface area contributed by atoms with Crippen LogP contribution in [0.3, 0.4) is 0 Å². The number of anilines is 1. The number of nitrogens with zero attached hydrogens (tertiary/aromatic N) is 2. The Hall–Kier alpha value is -4.84. The maximum absolute atomic E-state index is 14.6. The summed E-state index contributed by atoms with van der Waals surface area (Å²) in [6, 6.07) is 23.2. The van der Waals surface area contributed by atoms with Crippen LogP contribution < -0.4 is 14.8 Å². The number of para-hydroxylation sites is 1. The quantitative estimate of drug-likeness (QED) is 0.0702. The summed E-state index contributed by atoms with van der Waals surface area (Å²) < 4.78 is 40.5. The van der Waals surface area contributed by atoms with Gasteiger partial charge >= 0.3 is 5.97 Å². The molecule has 4 aromatic rings. The van der Waals surface area contributed by atoms with Crippen LogP contribution in [0.2, 0.25) is 0 Å². The molecule has 9 nitrogen and oxygen atoms in total. The van der Waals surface area contributed by atoms with Gasteiger partial charge in [-0.25, -0.2) is 0 Å². The Kier molecular flexibility index (Phi) is 14.1. The van der Waals surface area contributed by atoms with E-state index in [0.717, 1.165) is 60.1 Å². The topological polar surface area (TPSA) is 124 Å². The highest BCUT2D eigenvalue weighted by atomic mass is 19.3. The number of carbonyl (C=O) groups is 1. The predicted octanol–water partition coefficient (Wildman–Crippen LogP) is 8.05. The summed E-state index contributed by atoms with van der Waals surface area (Å²) in [5, 5.41) is 37.0. The molecule has 1 saturated heterocycles. The number of carboxylic acids is 1. The molecular formula is C45H53F2N3O6. The summed E-state index contributed by atoms with van der Waals surface area (Å²) in [4.78, 5) is 18.8. The fourth-order valence-corrected chi connectivity index (χ4v) is 7.79. The number of fused-ring (bicyclic) bond motifs is 1. The molecule has 11 heteroatoms. The number of benzene rings is 3. The van der Waals surface area contributed by atoms with Gasteiger partial charge in [-0.15, -0.1) is 0 Å². The average molecular weight is 770 g/mol. The number of aryl methyl sites for hydroxylation is 1. The lowest BCUT2D eigenvalue weighted by Gasteiger charge is -2.20. The second kappa shape index (κ2) is 19.3. The van der Waals surface area contributed by atoms with Crippen molar-refractivity contribution in [2.24, 2.45) is 17.8 Å². The third-order valence-electron chi connectivity index (χ3n) is 11.0. The third kappa shape index (κ3) is 11.4. The molecule has 1 saturated carbocycles. The van der Waals surface area contributed by atoms with E-state index in [1.165, 1.54) is 11.5 Å². The number of aliphatic hydroxyl groups is 2. The summed E-state index contributed by atoms with van der Waals surface area (Å²) in [5.74, 6) is -4.74. The number of ether oxygens (including phenoxy) is 2. The Morgan fingerprint density at radius 3 is 2.70 bits per heavy atom. The van der Waals surface area contributed by atoms with Crippen molar-refractivity contribution in [3.8, 4) is 11.5 Å². The van der Waals surface area contributed by atoms with Crippen molar-refractivity contribution in [2.45, 2.75) is 76.2 Å². The van der Waals surface area contributed by atoms with Gasteiger partial charge in [0, 0.05) is 66.9 Å². The summed E-state index contributed by atoms with van der Waals surface area (Å²) in [5.41, 5.74) is 3.26. The van der Waals surface area contributed by atoms with Gasteiger partial charge in [-0.3, -0.25) is 14.7 Å². The number of hydrogen-bond donors (Lipinski definition) is 4. The largest absolute Gasteiger partial charge is 0.493 e. The lowest BCUT2D eigenvalue weighted by atomic mass is 9.89. The van der Waals surface area contributed by atoms with E-state index in [-0.39, 0.29) is 13.0 Å². The van der Waals surface area contributed by atoms with E-state index in [0.29, 0.717) is 37.5 Å². The molecule has 6 atom stereocenters. The van der Waals surface area contributed by atoms with Crippen molar-refractivity contribution in [3.05, 3.63) is 121 Å². The number of carboxylic acid groups (broad SMARTS) is 1. The predicted molar refractivity (Wildman–Crippen MR) is 214 cm³/mol. The van der Waals surface area contributed by atoms with E-state index in [1.54, 1.807) is 30.3 Å². The van der Waals surface area contributed by atoms with E-state index in [4.69, 9.17) is 9.47 Å². The van der Waals surface area contributed by atoms with Crippen LogP contribution in [0.15, 0.2) is 109 Å². The number of alkyl halides is 2. The molecule has 2 fully saturated rings. The lowest BCUT2D eigenvalue weighted by Crippen LogP contribution is -2.26. The summed E-state index contributed by atoms with van der Waals surface area (Å²) in [6.45, 7) is 4.11. The van der Waals surface area contributed by atoms with Crippen molar-refractivity contribution in [2.75, 3.05) is 31.6 Å². The van der Waals surface area contributed by atoms with Gasteiger partial charge in [0.2, 0.25) is 0 Å². The van der Waals surface area contributed by atoms with Gasteiger partial charge in [-0.1, -0.05) is 60.7 Å². The smallest absolute Gasteiger partial charge is 0.306 e. The molecule has 1 aliphatic carbocycles. The number of aliphatic hydroxyl groups excluding tert-OH is 2. The Labute approximate surface area is 327 Å². The Balaban J connectivity index is 0.933. The second-order valence-electron chi connectivity index (χ2n) is 15.2. The molecule has 3 aromatic carbocycles. The first-order valence-corrected chi connectivity index (χ1v) is 19.6. The number of nitrogens with one attached hydrogen (secondary N) is 1. The number of halogens is 2. The summed E-state index contributed by atoms with van der Waals surface area (Å²) in [7, 11) is 0. The van der Waals surface area contributed by atoms with Gasteiger partial charge < -0.3 is 30.1 Å². The van der Waals surface area contributed by atoms with Gasteiger partial charge in [0.05, 0.1) is 24.7 Å². The zero-order chi connectivity index (χ0) is 39.5. The van der Waals surface area contributed by atoms with Crippen LogP contribution in [0.25, 0.3) is 10.8 Å². The highest BCUT2D eigenvalue weighted by Gasteiger charge is 2.40. The molecule has 0 spiro atoms. The molecular weight excluding hydrogens is 717 g/mol. The molecule has 0 bridgehead atoms. The molecule has 2 aliphatic rings. The van der Waals surface area contributed by atoms with Gasteiger partial charge in [0.25, 0.3) is 5.92 Å². The van der Waals surface area contributed by atoms with Crippen molar-refractivity contribution in [1.29, 1.82) is 0 Å². The van der Waals surface area contributed by atoms with Gasteiger partial charge in [0.15, 0.2) is 6.61 Å². The Morgan fingerprint density at radius 2 is 1.88 bits per heavy atom. The molecule has 1 aliphatic heterocycles. The molecule has 56 heavy (non-hydrogen) atoms. The van der Waals surface area contributed by atoms with Crippen LogP contribution in [0.5, 0.6) is 11.5 Å². The van der Waals surface area contributed by atoms with Crippen LogP contribution in [-0.2, 0) is 11.3 Å². The first kappa shape index (κ1) is 40.8. The zero-order valence-corrected chi connectivity index (χ0v) is 31.9. The van der Waals surface area contributed by atoms with E-state index >= 15 is 0 Å². The Bertz CT molecular complexity index is 1940. The molecule has 1 unspecified atom stereocenters. The van der Waals surface area contributed by atoms with E-state index < -0.39 is 48.5 Å². The highest BCUT2D eigenvalue weighted by Crippen LogP contribution is 2.37. The van der Waals surface area contributed by atoms with Crippen molar-refractivity contribution in [3.63, 3.8) is 0 Å². The number of aliphatic carboxylic acids is 1. The van der Waals surface area contributed by atoms with Crippen molar-refractivity contribution >= 4 is 22.4 Å². The molecule has 0 amide bonds.